The van der Waals surface area contributed by atoms with E-state index in [4.69, 9.17) is 9.84 Å². The number of nitrogens with zero attached hydrogens (tertiary/aromatic N) is 1. The number of hydrogen-bond donors (Lipinski definition) is 3. The number of aromatic nitrogens is 1. The van der Waals surface area contributed by atoms with Crippen molar-refractivity contribution >= 4 is 11.9 Å². The maximum atomic E-state index is 11.7. The molecule has 1 amide bonds. The van der Waals surface area contributed by atoms with Crippen molar-refractivity contribution in [3.05, 3.63) is 23.9 Å². The van der Waals surface area contributed by atoms with Gasteiger partial charge in [0, 0.05) is 6.61 Å². The van der Waals surface area contributed by atoms with E-state index in [-0.39, 0.29) is 12.5 Å². The number of hydrogen-bond acceptors (Lipinski definition) is 5. The molecule has 0 aliphatic carbocycles. The van der Waals surface area contributed by atoms with Crippen molar-refractivity contribution in [2.24, 2.45) is 5.92 Å². The standard InChI is InChI=1S/C16H26N2O4/c1-11(8-9-19)10-13(20)12-6-5-7-14(17-12)18-15(21)22-16(2,3)4/h5-7,11,13,19-20H,8-10H2,1-4H3,(H,17,18,21)/t11-,13?/m1/s1. The second kappa shape index (κ2) is 8.10. The molecule has 0 fully saturated rings. The van der Waals surface area contributed by atoms with E-state index in [0.717, 1.165) is 0 Å². The van der Waals surface area contributed by atoms with Crippen LogP contribution in [-0.2, 0) is 4.74 Å². The van der Waals surface area contributed by atoms with Gasteiger partial charge in [0.1, 0.15) is 11.4 Å². The van der Waals surface area contributed by atoms with E-state index in [2.05, 4.69) is 10.3 Å². The minimum Gasteiger partial charge on any atom is -0.444 e. The van der Waals surface area contributed by atoms with Gasteiger partial charge < -0.3 is 14.9 Å². The Morgan fingerprint density at radius 1 is 1.41 bits per heavy atom. The molecular weight excluding hydrogens is 284 g/mol. The van der Waals surface area contributed by atoms with Crippen LogP contribution in [0.2, 0.25) is 0 Å². The molecule has 0 bridgehead atoms. The number of rotatable bonds is 6. The molecule has 0 aliphatic heterocycles. The molecule has 3 N–H and O–H groups in total. The lowest BCUT2D eigenvalue weighted by molar-refractivity contribution is 0.0635. The van der Waals surface area contributed by atoms with Crippen molar-refractivity contribution in [2.45, 2.75) is 52.2 Å². The SMILES string of the molecule is C[C@H](CCO)CC(O)c1cccc(NC(=O)OC(C)(C)C)n1. The third-order valence-corrected chi connectivity index (χ3v) is 2.99. The first-order valence-electron chi connectivity index (χ1n) is 7.47. The lowest BCUT2D eigenvalue weighted by Crippen LogP contribution is -2.27. The van der Waals surface area contributed by atoms with Crippen LogP contribution in [0, 0.1) is 5.92 Å². The molecule has 1 aromatic rings. The van der Waals surface area contributed by atoms with Crippen LogP contribution in [0.15, 0.2) is 18.2 Å². The maximum absolute atomic E-state index is 11.7. The van der Waals surface area contributed by atoms with E-state index in [1.807, 2.05) is 6.92 Å². The summed E-state index contributed by atoms with van der Waals surface area (Å²) in [5, 5.41) is 21.6. The van der Waals surface area contributed by atoms with Gasteiger partial charge in [0.05, 0.1) is 11.8 Å². The third kappa shape index (κ3) is 6.87. The summed E-state index contributed by atoms with van der Waals surface area (Å²) in [6.45, 7) is 7.40. The average molecular weight is 310 g/mol. The van der Waals surface area contributed by atoms with E-state index >= 15 is 0 Å². The summed E-state index contributed by atoms with van der Waals surface area (Å²) < 4.78 is 5.16. The van der Waals surface area contributed by atoms with E-state index in [1.54, 1.807) is 39.0 Å². The van der Waals surface area contributed by atoms with E-state index in [1.165, 1.54) is 0 Å². The van der Waals surface area contributed by atoms with Crippen LogP contribution in [-0.4, -0.2) is 33.5 Å². The number of aliphatic hydroxyl groups excluding tert-OH is 2. The highest BCUT2D eigenvalue weighted by molar-refractivity contribution is 5.83. The summed E-state index contributed by atoms with van der Waals surface area (Å²) in [6, 6.07) is 5.06. The van der Waals surface area contributed by atoms with Crippen LogP contribution in [0.4, 0.5) is 10.6 Å². The number of amides is 1. The fourth-order valence-electron chi connectivity index (χ4n) is 1.95. The molecule has 1 heterocycles. The van der Waals surface area contributed by atoms with Gasteiger partial charge >= 0.3 is 6.09 Å². The Morgan fingerprint density at radius 3 is 2.68 bits per heavy atom. The number of carbonyl (C=O) groups excluding carboxylic acids is 1. The highest BCUT2D eigenvalue weighted by atomic mass is 16.6. The first-order chi connectivity index (χ1) is 10.2. The number of nitrogens with one attached hydrogen (secondary N) is 1. The molecule has 1 unspecified atom stereocenters. The lowest BCUT2D eigenvalue weighted by Gasteiger charge is -2.20. The van der Waals surface area contributed by atoms with Gasteiger partial charge in [-0.05, 0) is 51.7 Å². The van der Waals surface area contributed by atoms with Crippen molar-refractivity contribution in [1.29, 1.82) is 0 Å². The van der Waals surface area contributed by atoms with Crippen LogP contribution in [0.25, 0.3) is 0 Å². The Hall–Kier alpha value is -1.66. The topological polar surface area (TPSA) is 91.7 Å². The van der Waals surface area contributed by atoms with Gasteiger partial charge in [0.25, 0.3) is 0 Å². The molecule has 22 heavy (non-hydrogen) atoms. The second-order valence-electron chi connectivity index (χ2n) is 6.44. The second-order valence-corrected chi connectivity index (χ2v) is 6.44. The van der Waals surface area contributed by atoms with Gasteiger partial charge in [-0.15, -0.1) is 0 Å². The first kappa shape index (κ1) is 18.4. The number of anilines is 1. The van der Waals surface area contributed by atoms with Crippen molar-refractivity contribution in [2.75, 3.05) is 11.9 Å². The van der Waals surface area contributed by atoms with Crippen LogP contribution in [0.3, 0.4) is 0 Å². The molecule has 6 heteroatoms. The average Bonchev–Trinajstić information content (AvgIpc) is 2.36. The molecule has 2 atom stereocenters. The fourth-order valence-corrected chi connectivity index (χ4v) is 1.95. The Kier molecular flexibility index (Phi) is 6.77. The zero-order valence-electron chi connectivity index (χ0n) is 13.7. The summed E-state index contributed by atoms with van der Waals surface area (Å²) in [4.78, 5) is 15.9. The van der Waals surface area contributed by atoms with E-state index in [9.17, 15) is 9.90 Å². The van der Waals surface area contributed by atoms with Gasteiger partial charge in [-0.25, -0.2) is 9.78 Å². The molecule has 124 valence electrons. The van der Waals surface area contributed by atoms with Gasteiger partial charge in [-0.2, -0.15) is 0 Å². The minimum atomic E-state index is -0.734. The molecule has 0 spiro atoms. The summed E-state index contributed by atoms with van der Waals surface area (Å²) in [5.74, 6) is 0.518. The van der Waals surface area contributed by atoms with Gasteiger partial charge in [0.15, 0.2) is 0 Å². The van der Waals surface area contributed by atoms with Crippen LogP contribution < -0.4 is 5.32 Å². The monoisotopic (exact) mass is 310 g/mol. The zero-order valence-corrected chi connectivity index (χ0v) is 13.7. The third-order valence-electron chi connectivity index (χ3n) is 2.99. The van der Waals surface area contributed by atoms with Crippen LogP contribution in [0.1, 0.15) is 52.3 Å². The van der Waals surface area contributed by atoms with Gasteiger partial charge in [0.2, 0.25) is 0 Å². The smallest absolute Gasteiger partial charge is 0.413 e. The summed E-state index contributed by atoms with van der Waals surface area (Å²) >= 11 is 0. The molecule has 0 saturated carbocycles. The highest BCUT2D eigenvalue weighted by Crippen LogP contribution is 2.22. The normalized spacial score (nSPS) is 14.3. The summed E-state index contributed by atoms with van der Waals surface area (Å²) in [5.41, 5.74) is -0.0978. The summed E-state index contributed by atoms with van der Waals surface area (Å²) in [6.07, 6.45) is -0.182. The van der Waals surface area contributed by atoms with Crippen LogP contribution >= 0.6 is 0 Å². The molecule has 1 rings (SSSR count). The molecular formula is C16H26N2O4. The Balaban J connectivity index is 2.67. The molecule has 0 aliphatic rings. The van der Waals surface area contributed by atoms with Crippen LogP contribution in [0.5, 0.6) is 0 Å². The van der Waals surface area contributed by atoms with Crippen molar-refractivity contribution in [3.8, 4) is 0 Å². The number of aliphatic hydroxyl groups is 2. The number of carbonyl (C=O) groups is 1. The largest absolute Gasteiger partial charge is 0.444 e. The Labute approximate surface area is 131 Å². The van der Waals surface area contributed by atoms with Crippen molar-refractivity contribution in [3.63, 3.8) is 0 Å². The molecule has 0 radical (unpaired) electrons. The highest BCUT2D eigenvalue weighted by Gasteiger charge is 2.18. The quantitative estimate of drug-likeness (QED) is 0.751. The zero-order chi connectivity index (χ0) is 16.8. The number of ether oxygens (including phenoxy) is 1. The molecule has 0 saturated heterocycles. The minimum absolute atomic E-state index is 0.0988. The summed E-state index contributed by atoms with van der Waals surface area (Å²) in [7, 11) is 0. The fraction of sp³-hybridized carbons (Fsp3) is 0.625. The van der Waals surface area contributed by atoms with Crippen molar-refractivity contribution < 1.29 is 19.7 Å². The molecule has 0 aromatic carbocycles. The Morgan fingerprint density at radius 2 is 2.09 bits per heavy atom. The van der Waals surface area contributed by atoms with E-state index < -0.39 is 17.8 Å². The maximum Gasteiger partial charge on any atom is 0.413 e. The lowest BCUT2D eigenvalue weighted by atomic mass is 9.98. The predicted molar refractivity (Wildman–Crippen MR) is 84.5 cm³/mol. The number of pyridine rings is 1. The van der Waals surface area contributed by atoms with Crippen molar-refractivity contribution in [1.82, 2.24) is 4.98 Å². The molecule has 1 aromatic heterocycles. The first-order valence-corrected chi connectivity index (χ1v) is 7.47. The van der Waals surface area contributed by atoms with E-state index in [0.29, 0.717) is 24.4 Å². The molecule has 6 nitrogen and oxygen atoms in total. The van der Waals surface area contributed by atoms with Gasteiger partial charge in [-0.1, -0.05) is 13.0 Å². The predicted octanol–water partition coefficient (Wildman–Crippen LogP) is 2.87. The van der Waals surface area contributed by atoms with Gasteiger partial charge in [-0.3, -0.25) is 5.32 Å². The Bertz CT molecular complexity index is 485.